The summed E-state index contributed by atoms with van der Waals surface area (Å²) >= 11 is 0. The Kier molecular flexibility index (Phi) is 1.65. The Morgan fingerprint density at radius 3 is 2.77 bits per heavy atom. The van der Waals surface area contributed by atoms with Crippen molar-refractivity contribution in [2.45, 2.75) is 5.92 Å². The number of carbonyl (C=O) groups is 1. The van der Waals surface area contributed by atoms with Gasteiger partial charge in [0.1, 0.15) is 11.7 Å². The van der Waals surface area contributed by atoms with Gasteiger partial charge in [-0.2, -0.15) is 0 Å². The van der Waals surface area contributed by atoms with E-state index in [4.69, 9.17) is 5.11 Å². The van der Waals surface area contributed by atoms with E-state index in [1.54, 1.807) is 24.3 Å². The van der Waals surface area contributed by atoms with Crippen LogP contribution in [0.2, 0.25) is 0 Å². The van der Waals surface area contributed by atoms with E-state index in [1.165, 1.54) is 6.08 Å². The second-order valence-corrected chi connectivity index (χ2v) is 2.93. The summed E-state index contributed by atoms with van der Waals surface area (Å²) in [6, 6.07) is 6.81. The van der Waals surface area contributed by atoms with Gasteiger partial charge in [0.05, 0.1) is 0 Å². The van der Waals surface area contributed by atoms with Gasteiger partial charge in [-0.05, 0) is 17.2 Å². The number of carboxylic acid groups (broad SMARTS) is 1. The fourth-order valence-corrected chi connectivity index (χ4v) is 1.54. The van der Waals surface area contributed by atoms with Gasteiger partial charge in [-0.25, -0.2) is 4.39 Å². The van der Waals surface area contributed by atoms with E-state index in [-0.39, 0.29) is 0 Å². The number of rotatable bonds is 1. The van der Waals surface area contributed by atoms with Gasteiger partial charge < -0.3 is 5.11 Å². The van der Waals surface area contributed by atoms with E-state index in [0.717, 1.165) is 0 Å². The van der Waals surface area contributed by atoms with Crippen LogP contribution in [-0.2, 0) is 4.79 Å². The van der Waals surface area contributed by atoms with Crippen molar-refractivity contribution in [2.75, 3.05) is 0 Å². The maximum atomic E-state index is 13.1. The lowest BCUT2D eigenvalue weighted by atomic mass is 10.0. The molecule has 0 heterocycles. The van der Waals surface area contributed by atoms with Crippen molar-refractivity contribution in [1.29, 1.82) is 0 Å². The molecule has 66 valence electrons. The molecule has 0 aromatic heterocycles. The Bertz CT molecular complexity index is 396. The molecule has 0 amide bonds. The minimum absolute atomic E-state index is 0.535. The summed E-state index contributed by atoms with van der Waals surface area (Å²) in [6.45, 7) is 0. The lowest BCUT2D eigenvalue weighted by Gasteiger charge is -2.05. The number of benzene rings is 1. The van der Waals surface area contributed by atoms with Crippen LogP contribution in [0.3, 0.4) is 0 Å². The normalized spacial score (nSPS) is 19.5. The lowest BCUT2D eigenvalue weighted by Crippen LogP contribution is -2.09. The molecule has 1 atom stereocenters. The fourth-order valence-electron chi connectivity index (χ4n) is 1.54. The van der Waals surface area contributed by atoms with Crippen molar-refractivity contribution in [3.63, 3.8) is 0 Å². The first kappa shape index (κ1) is 7.98. The molecule has 0 saturated carbocycles. The fraction of sp³-hybridized carbons (Fsp3) is 0.100. The van der Waals surface area contributed by atoms with Gasteiger partial charge in [-0.15, -0.1) is 0 Å². The maximum Gasteiger partial charge on any atom is 0.317 e. The number of halogens is 1. The lowest BCUT2D eigenvalue weighted by molar-refractivity contribution is -0.138. The van der Waals surface area contributed by atoms with E-state index in [2.05, 4.69) is 0 Å². The Morgan fingerprint density at radius 1 is 1.38 bits per heavy atom. The first-order valence-electron chi connectivity index (χ1n) is 3.89. The molecule has 1 aliphatic rings. The minimum atomic E-state index is -1.14. The molecule has 0 radical (unpaired) electrons. The van der Waals surface area contributed by atoms with Crippen LogP contribution in [0.25, 0.3) is 6.08 Å². The van der Waals surface area contributed by atoms with Crippen molar-refractivity contribution in [1.82, 2.24) is 0 Å². The Morgan fingerprint density at radius 2 is 2.08 bits per heavy atom. The van der Waals surface area contributed by atoms with Gasteiger partial charge in [-0.1, -0.05) is 24.3 Å². The van der Waals surface area contributed by atoms with Crippen molar-refractivity contribution in [2.24, 2.45) is 0 Å². The van der Waals surface area contributed by atoms with Gasteiger partial charge in [0.2, 0.25) is 0 Å². The van der Waals surface area contributed by atoms with Gasteiger partial charge in [0, 0.05) is 0 Å². The summed E-state index contributed by atoms with van der Waals surface area (Å²) in [4.78, 5) is 10.7. The Labute approximate surface area is 74.3 Å². The van der Waals surface area contributed by atoms with Gasteiger partial charge in [0.15, 0.2) is 0 Å². The summed E-state index contributed by atoms with van der Waals surface area (Å²) in [5.41, 5.74) is 1.19. The summed E-state index contributed by atoms with van der Waals surface area (Å²) in [7, 11) is 0. The quantitative estimate of drug-likeness (QED) is 0.715. The summed E-state index contributed by atoms with van der Waals surface area (Å²) in [6.07, 6.45) is 1.27. The first-order chi connectivity index (χ1) is 6.20. The molecule has 2 rings (SSSR count). The number of fused-ring (bicyclic) bond motifs is 1. The Hall–Kier alpha value is -1.64. The predicted octanol–water partition coefficient (Wildman–Crippen LogP) is 2.18. The molecule has 13 heavy (non-hydrogen) atoms. The predicted molar refractivity (Wildman–Crippen MR) is 45.9 cm³/mol. The first-order valence-corrected chi connectivity index (χ1v) is 3.89. The van der Waals surface area contributed by atoms with Crippen LogP contribution in [0.5, 0.6) is 0 Å². The van der Waals surface area contributed by atoms with Gasteiger partial charge >= 0.3 is 5.97 Å². The largest absolute Gasteiger partial charge is 0.480 e. The molecule has 1 unspecified atom stereocenters. The van der Waals surface area contributed by atoms with E-state index in [1.807, 2.05) is 0 Å². The van der Waals surface area contributed by atoms with Crippen LogP contribution >= 0.6 is 0 Å². The maximum absolute atomic E-state index is 13.1. The van der Waals surface area contributed by atoms with Crippen molar-refractivity contribution in [3.05, 3.63) is 41.2 Å². The molecule has 0 saturated heterocycles. The standard InChI is InChI=1S/C10H7FO2/c11-8-5-6-3-1-2-4-7(6)9(8)10(12)13/h1-5,9H,(H,12,13). The number of hydrogen-bond acceptors (Lipinski definition) is 1. The number of hydrogen-bond donors (Lipinski definition) is 1. The minimum Gasteiger partial charge on any atom is -0.480 e. The van der Waals surface area contributed by atoms with E-state index in [0.29, 0.717) is 11.1 Å². The zero-order valence-electron chi connectivity index (χ0n) is 6.70. The van der Waals surface area contributed by atoms with E-state index < -0.39 is 17.7 Å². The van der Waals surface area contributed by atoms with Crippen LogP contribution in [0, 0.1) is 0 Å². The van der Waals surface area contributed by atoms with Crippen LogP contribution in [-0.4, -0.2) is 11.1 Å². The second kappa shape index (κ2) is 2.69. The third kappa shape index (κ3) is 1.13. The average molecular weight is 178 g/mol. The van der Waals surface area contributed by atoms with E-state index in [9.17, 15) is 9.18 Å². The summed E-state index contributed by atoms with van der Waals surface area (Å²) < 4.78 is 13.1. The molecule has 1 N–H and O–H groups in total. The topological polar surface area (TPSA) is 37.3 Å². The van der Waals surface area contributed by atoms with Crippen LogP contribution in [0.15, 0.2) is 30.1 Å². The molecule has 0 spiro atoms. The number of carboxylic acids is 1. The zero-order chi connectivity index (χ0) is 9.42. The molecule has 1 aromatic carbocycles. The second-order valence-electron chi connectivity index (χ2n) is 2.93. The van der Waals surface area contributed by atoms with Crippen LogP contribution in [0.4, 0.5) is 4.39 Å². The highest BCUT2D eigenvalue weighted by Crippen LogP contribution is 2.36. The van der Waals surface area contributed by atoms with E-state index >= 15 is 0 Å². The number of aliphatic carboxylic acids is 1. The molecule has 3 heteroatoms. The molecule has 2 nitrogen and oxygen atoms in total. The zero-order valence-corrected chi connectivity index (χ0v) is 6.70. The molecule has 0 fully saturated rings. The van der Waals surface area contributed by atoms with Crippen molar-refractivity contribution < 1.29 is 14.3 Å². The SMILES string of the molecule is O=C(O)C1C(F)=Cc2ccccc21. The smallest absolute Gasteiger partial charge is 0.317 e. The third-order valence-electron chi connectivity index (χ3n) is 2.12. The van der Waals surface area contributed by atoms with Crippen molar-refractivity contribution >= 4 is 12.0 Å². The molecular formula is C10H7FO2. The monoisotopic (exact) mass is 178 g/mol. The molecular weight excluding hydrogens is 171 g/mol. The highest BCUT2D eigenvalue weighted by atomic mass is 19.1. The van der Waals surface area contributed by atoms with Crippen LogP contribution < -0.4 is 0 Å². The average Bonchev–Trinajstić information content (AvgIpc) is 2.39. The summed E-state index contributed by atoms with van der Waals surface area (Å²) in [5.74, 6) is -2.83. The molecule has 1 aliphatic carbocycles. The Balaban J connectivity index is 2.55. The summed E-state index contributed by atoms with van der Waals surface area (Å²) in [5, 5.41) is 8.75. The third-order valence-corrected chi connectivity index (χ3v) is 2.12. The molecule has 0 aliphatic heterocycles. The molecule has 0 bridgehead atoms. The van der Waals surface area contributed by atoms with Gasteiger partial charge in [-0.3, -0.25) is 4.79 Å². The highest BCUT2D eigenvalue weighted by molar-refractivity contribution is 5.86. The van der Waals surface area contributed by atoms with Crippen LogP contribution in [0.1, 0.15) is 17.0 Å². The highest BCUT2D eigenvalue weighted by Gasteiger charge is 2.31. The molecule has 1 aromatic rings. The van der Waals surface area contributed by atoms with Crippen molar-refractivity contribution in [3.8, 4) is 0 Å². The van der Waals surface area contributed by atoms with Gasteiger partial charge in [0.25, 0.3) is 0 Å².